The standard InChI is InChI=1S/C18H14ClNO3S/c19-20(17(21)15-10-24-11-16(15)18(22)23)14-8-6-13(7-9-14)12-4-2-1-3-5-12/h1-9H,10-11H2,(H,22,23). The predicted molar refractivity (Wildman–Crippen MR) is 97.2 cm³/mol. The van der Waals surface area contributed by atoms with E-state index in [2.05, 4.69) is 0 Å². The maximum absolute atomic E-state index is 12.5. The average molecular weight is 360 g/mol. The van der Waals surface area contributed by atoms with Crippen LogP contribution in [0.5, 0.6) is 0 Å². The third-order valence-corrected chi connectivity index (χ3v) is 5.09. The topological polar surface area (TPSA) is 57.6 Å². The average Bonchev–Trinajstić information content (AvgIpc) is 3.11. The Balaban J connectivity index is 1.83. The van der Waals surface area contributed by atoms with Crippen molar-refractivity contribution in [2.24, 2.45) is 0 Å². The highest BCUT2D eigenvalue weighted by atomic mass is 35.5. The van der Waals surface area contributed by atoms with E-state index in [4.69, 9.17) is 16.9 Å². The van der Waals surface area contributed by atoms with Gasteiger partial charge in [0.15, 0.2) is 0 Å². The van der Waals surface area contributed by atoms with Crippen molar-refractivity contribution in [3.63, 3.8) is 0 Å². The molecule has 0 spiro atoms. The van der Waals surface area contributed by atoms with Crippen molar-refractivity contribution in [1.29, 1.82) is 0 Å². The van der Waals surface area contributed by atoms with E-state index in [1.807, 2.05) is 42.5 Å². The maximum Gasteiger partial charge on any atom is 0.332 e. The lowest BCUT2D eigenvalue weighted by Gasteiger charge is -2.15. The van der Waals surface area contributed by atoms with Gasteiger partial charge in [-0.2, -0.15) is 11.8 Å². The zero-order valence-corrected chi connectivity index (χ0v) is 14.2. The van der Waals surface area contributed by atoms with Gasteiger partial charge in [0.05, 0.1) is 11.3 Å². The molecule has 122 valence electrons. The Hall–Kier alpha value is -2.24. The minimum absolute atomic E-state index is 0.136. The first-order chi connectivity index (χ1) is 11.6. The maximum atomic E-state index is 12.5. The van der Waals surface area contributed by atoms with Gasteiger partial charge < -0.3 is 5.11 Å². The number of halogens is 1. The van der Waals surface area contributed by atoms with Gasteiger partial charge in [0, 0.05) is 28.9 Å². The number of carbonyl (C=O) groups excluding carboxylic acids is 1. The first-order valence-electron chi connectivity index (χ1n) is 7.26. The molecule has 2 aromatic carbocycles. The Morgan fingerprint density at radius 1 is 0.917 bits per heavy atom. The number of aliphatic carboxylic acids is 1. The molecule has 0 bridgehead atoms. The number of carboxylic acids is 1. The SMILES string of the molecule is O=C(O)C1=C(C(=O)N(Cl)c2ccc(-c3ccccc3)cc2)CSC1. The molecule has 0 aromatic heterocycles. The number of nitrogens with zero attached hydrogens (tertiary/aromatic N) is 1. The molecular weight excluding hydrogens is 346 g/mol. The van der Waals surface area contributed by atoms with Gasteiger partial charge in [-0.25, -0.2) is 9.21 Å². The van der Waals surface area contributed by atoms with E-state index in [1.54, 1.807) is 12.1 Å². The highest BCUT2D eigenvalue weighted by Gasteiger charge is 2.29. The number of carbonyl (C=O) groups is 2. The molecule has 1 N–H and O–H groups in total. The number of amides is 1. The van der Waals surface area contributed by atoms with Crippen LogP contribution in [0.3, 0.4) is 0 Å². The largest absolute Gasteiger partial charge is 0.478 e. The van der Waals surface area contributed by atoms with Crippen LogP contribution >= 0.6 is 23.5 Å². The quantitative estimate of drug-likeness (QED) is 0.839. The lowest BCUT2D eigenvalue weighted by Crippen LogP contribution is -2.24. The van der Waals surface area contributed by atoms with Crippen LogP contribution in [0.4, 0.5) is 5.69 Å². The Kier molecular flexibility index (Phi) is 4.92. The Labute approximate surface area is 148 Å². The summed E-state index contributed by atoms with van der Waals surface area (Å²) in [4.78, 5) is 23.7. The second-order valence-corrected chi connectivity index (χ2v) is 6.58. The number of thioether (sulfide) groups is 1. The molecule has 0 saturated heterocycles. The highest BCUT2D eigenvalue weighted by Crippen LogP contribution is 2.30. The smallest absolute Gasteiger partial charge is 0.332 e. The van der Waals surface area contributed by atoms with Crippen molar-refractivity contribution in [2.45, 2.75) is 0 Å². The molecule has 0 unspecified atom stereocenters. The molecule has 1 amide bonds. The van der Waals surface area contributed by atoms with E-state index in [-0.39, 0.29) is 11.1 Å². The van der Waals surface area contributed by atoms with E-state index in [1.165, 1.54) is 11.8 Å². The first kappa shape index (κ1) is 16.6. The number of rotatable bonds is 4. The van der Waals surface area contributed by atoms with Gasteiger partial charge in [-0.15, -0.1) is 0 Å². The second kappa shape index (κ2) is 7.11. The third kappa shape index (κ3) is 3.32. The summed E-state index contributed by atoms with van der Waals surface area (Å²) in [6.07, 6.45) is 0. The molecular formula is C18H14ClNO3S. The molecule has 4 nitrogen and oxygen atoms in total. The van der Waals surface area contributed by atoms with Crippen LogP contribution < -0.4 is 4.42 Å². The van der Waals surface area contributed by atoms with Crippen LogP contribution in [-0.2, 0) is 9.59 Å². The van der Waals surface area contributed by atoms with E-state index in [9.17, 15) is 9.59 Å². The Morgan fingerprint density at radius 3 is 2.12 bits per heavy atom. The van der Waals surface area contributed by atoms with Crippen molar-refractivity contribution in [3.05, 3.63) is 65.7 Å². The minimum Gasteiger partial charge on any atom is -0.478 e. The lowest BCUT2D eigenvalue weighted by atomic mass is 10.1. The van der Waals surface area contributed by atoms with Crippen LogP contribution in [0.15, 0.2) is 65.7 Å². The van der Waals surface area contributed by atoms with Crippen LogP contribution in [0.2, 0.25) is 0 Å². The molecule has 0 fully saturated rings. The molecule has 1 aliphatic heterocycles. The molecule has 6 heteroatoms. The zero-order valence-electron chi connectivity index (χ0n) is 12.6. The summed E-state index contributed by atoms with van der Waals surface area (Å²) in [6.45, 7) is 0. The van der Waals surface area contributed by atoms with Gasteiger partial charge >= 0.3 is 5.97 Å². The van der Waals surface area contributed by atoms with E-state index in [0.29, 0.717) is 17.2 Å². The summed E-state index contributed by atoms with van der Waals surface area (Å²) < 4.78 is 0.985. The molecule has 24 heavy (non-hydrogen) atoms. The van der Waals surface area contributed by atoms with Crippen molar-refractivity contribution in [1.82, 2.24) is 0 Å². The molecule has 3 rings (SSSR count). The summed E-state index contributed by atoms with van der Waals surface area (Å²) in [5.74, 6) is -0.848. The van der Waals surface area contributed by atoms with E-state index < -0.39 is 11.9 Å². The van der Waals surface area contributed by atoms with Crippen LogP contribution in [0.25, 0.3) is 11.1 Å². The zero-order chi connectivity index (χ0) is 17.1. The summed E-state index contributed by atoms with van der Waals surface area (Å²) in [6, 6.07) is 17.1. The van der Waals surface area contributed by atoms with Crippen molar-refractivity contribution >= 4 is 41.1 Å². The summed E-state index contributed by atoms with van der Waals surface area (Å²) in [5, 5.41) is 9.16. The lowest BCUT2D eigenvalue weighted by molar-refractivity contribution is -0.132. The van der Waals surface area contributed by atoms with Gasteiger partial charge in [-0.1, -0.05) is 42.5 Å². The third-order valence-electron chi connectivity index (χ3n) is 3.75. The van der Waals surface area contributed by atoms with Gasteiger partial charge in [-0.05, 0) is 23.3 Å². The number of benzene rings is 2. The fourth-order valence-electron chi connectivity index (χ4n) is 2.46. The van der Waals surface area contributed by atoms with Crippen molar-refractivity contribution in [3.8, 4) is 11.1 Å². The summed E-state index contributed by atoms with van der Waals surface area (Å²) >= 11 is 7.55. The second-order valence-electron chi connectivity index (χ2n) is 5.25. The van der Waals surface area contributed by atoms with Crippen LogP contribution in [0, 0.1) is 0 Å². The normalized spacial score (nSPS) is 13.9. The monoisotopic (exact) mass is 359 g/mol. The number of hydrogen-bond donors (Lipinski definition) is 1. The first-order valence-corrected chi connectivity index (χ1v) is 8.76. The van der Waals surface area contributed by atoms with Crippen molar-refractivity contribution < 1.29 is 14.7 Å². The molecule has 1 aliphatic rings. The number of hydrogen-bond acceptors (Lipinski definition) is 3. The molecule has 0 atom stereocenters. The van der Waals surface area contributed by atoms with Crippen LogP contribution in [0.1, 0.15) is 0 Å². The van der Waals surface area contributed by atoms with Gasteiger partial charge in [0.25, 0.3) is 5.91 Å². The van der Waals surface area contributed by atoms with Gasteiger partial charge in [0.1, 0.15) is 0 Å². The van der Waals surface area contributed by atoms with E-state index >= 15 is 0 Å². The van der Waals surface area contributed by atoms with E-state index in [0.717, 1.165) is 15.5 Å². The molecule has 2 aromatic rings. The summed E-state index contributed by atoms with van der Waals surface area (Å²) in [7, 11) is 0. The predicted octanol–water partition coefficient (Wildman–Crippen LogP) is 3.97. The van der Waals surface area contributed by atoms with Crippen LogP contribution in [-0.4, -0.2) is 28.5 Å². The fourth-order valence-corrected chi connectivity index (χ4v) is 3.78. The molecule has 0 aliphatic carbocycles. The Bertz CT molecular complexity index is 803. The molecule has 1 heterocycles. The van der Waals surface area contributed by atoms with Crippen molar-refractivity contribution in [2.75, 3.05) is 15.9 Å². The van der Waals surface area contributed by atoms with Gasteiger partial charge in [-0.3, -0.25) is 4.79 Å². The fraction of sp³-hybridized carbons (Fsp3) is 0.111. The Morgan fingerprint density at radius 2 is 1.50 bits per heavy atom. The number of carboxylic acid groups (broad SMARTS) is 1. The minimum atomic E-state index is -1.06. The number of anilines is 1. The molecule has 0 radical (unpaired) electrons. The molecule has 0 saturated carbocycles. The van der Waals surface area contributed by atoms with Gasteiger partial charge in [0.2, 0.25) is 0 Å². The highest BCUT2D eigenvalue weighted by molar-refractivity contribution is 8.00. The summed E-state index contributed by atoms with van der Waals surface area (Å²) in [5.41, 5.74) is 2.99.